The van der Waals surface area contributed by atoms with Gasteiger partial charge in [0.15, 0.2) is 0 Å². The molecule has 1 rings (SSSR count). The number of hydrogen-bond acceptors (Lipinski definition) is 2. The highest BCUT2D eigenvalue weighted by molar-refractivity contribution is 6.18. The second-order valence-corrected chi connectivity index (χ2v) is 3.05. The fourth-order valence-corrected chi connectivity index (χ4v) is 0.870. The van der Waals surface area contributed by atoms with Crippen molar-refractivity contribution in [2.75, 3.05) is 12.5 Å². The lowest BCUT2D eigenvalue weighted by Crippen LogP contribution is -2.36. The quantitative estimate of drug-likeness (QED) is 0.531. The SMILES string of the molecule is C#CC1(NC(=O)OCCCl)CC1. The Morgan fingerprint density at radius 3 is 2.83 bits per heavy atom. The van der Waals surface area contributed by atoms with E-state index in [1.165, 1.54) is 0 Å². The number of alkyl halides is 1. The van der Waals surface area contributed by atoms with E-state index in [4.69, 9.17) is 22.8 Å². The molecule has 0 heterocycles. The van der Waals surface area contributed by atoms with Crippen molar-refractivity contribution in [2.45, 2.75) is 18.4 Å². The van der Waals surface area contributed by atoms with Crippen molar-refractivity contribution in [3.05, 3.63) is 0 Å². The van der Waals surface area contributed by atoms with Gasteiger partial charge in [0.25, 0.3) is 0 Å². The Labute approximate surface area is 76.4 Å². The predicted octanol–water partition coefficient (Wildman–Crippen LogP) is 1.12. The Morgan fingerprint density at radius 2 is 2.42 bits per heavy atom. The monoisotopic (exact) mass is 187 g/mol. The summed E-state index contributed by atoms with van der Waals surface area (Å²) in [6, 6.07) is 0. The van der Waals surface area contributed by atoms with E-state index in [9.17, 15) is 4.79 Å². The zero-order chi connectivity index (χ0) is 9.03. The van der Waals surface area contributed by atoms with Crippen molar-refractivity contribution in [1.82, 2.24) is 5.32 Å². The molecule has 1 aliphatic carbocycles. The van der Waals surface area contributed by atoms with Gasteiger partial charge in [-0.15, -0.1) is 18.0 Å². The molecule has 0 saturated heterocycles. The zero-order valence-electron chi connectivity index (χ0n) is 6.60. The third-order valence-electron chi connectivity index (χ3n) is 1.68. The first-order valence-electron chi connectivity index (χ1n) is 3.71. The molecule has 0 aromatic rings. The number of alkyl carbamates (subject to hydrolysis) is 1. The molecule has 1 amide bonds. The van der Waals surface area contributed by atoms with Crippen molar-refractivity contribution >= 4 is 17.7 Å². The summed E-state index contributed by atoms with van der Waals surface area (Å²) in [6.45, 7) is 0.216. The average molecular weight is 188 g/mol. The van der Waals surface area contributed by atoms with Crippen LogP contribution in [0.1, 0.15) is 12.8 Å². The second kappa shape index (κ2) is 3.68. The molecule has 0 aromatic heterocycles. The molecule has 0 aromatic carbocycles. The fourth-order valence-electron chi connectivity index (χ4n) is 0.793. The van der Waals surface area contributed by atoms with E-state index in [0.717, 1.165) is 12.8 Å². The minimum atomic E-state index is -0.480. The minimum absolute atomic E-state index is 0.216. The number of carbonyl (C=O) groups excluding carboxylic acids is 1. The van der Waals surface area contributed by atoms with Gasteiger partial charge in [-0.25, -0.2) is 4.79 Å². The first kappa shape index (κ1) is 9.21. The predicted molar refractivity (Wildman–Crippen MR) is 46.0 cm³/mol. The Hall–Kier alpha value is -0.880. The summed E-state index contributed by atoms with van der Waals surface area (Å²) < 4.78 is 4.69. The van der Waals surface area contributed by atoms with Crippen LogP contribution in [0.3, 0.4) is 0 Å². The van der Waals surface area contributed by atoms with Crippen LogP contribution in [0.15, 0.2) is 0 Å². The lowest BCUT2D eigenvalue weighted by Gasteiger charge is -2.09. The van der Waals surface area contributed by atoms with Crippen LogP contribution in [0.4, 0.5) is 4.79 Å². The molecule has 0 unspecified atom stereocenters. The van der Waals surface area contributed by atoms with Crippen LogP contribution in [-0.2, 0) is 4.74 Å². The molecular formula is C8H10ClNO2. The molecule has 12 heavy (non-hydrogen) atoms. The van der Waals surface area contributed by atoms with Gasteiger partial charge in [-0.1, -0.05) is 5.92 Å². The number of amides is 1. The number of rotatable bonds is 3. The summed E-state index contributed by atoms with van der Waals surface area (Å²) in [7, 11) is 0. The Balaban J connectivity index is 2.23. The first-order valence-corrected chi connectivity index (χ1v) is 4.24. The van der Waals surface area contributed by atoms with E-state index >= 15 is 0 Å². The second-order valence-electron chi connectivity index (χ2n) is 2.68. The third kappa shape index (κ3) is 2.31. The largest absolute Gasteiger partial charge is 0.448 e. The maximum Gasteiger partial charge on any atom is 0.408 e. The van der Waals surface area contributed by atoms with Gasteiger partial charge in [0.05, 0.1) is 5.88 Å². The van der Waals surface area contributed by atoms with Crippen molar-refractivity contribution in [2.24, 2.45) is 0 Å². The molecule has 0 bridgehead atoms. The summed E-state index contributed by atoms with van der Waals surface area (Å²) in [6.07, 6.45) is 6.38. The zero-order valence-corrected chi connectivity index (χ0v) is 7.36. The number of carbonyl (C=O) groups is 1. The van der Waals surface area contributed by atoms with E-state index in [-0.39, 0.29) is 6.61 Å². The van der Waals surface area contributed by atoms with Crippen LogP contribution in [0.5, 0.6) is 0 Å². The Bertz CT molecular complexity index is 218. The molecule has 1 N–H and O–H groups in total. The molecule has 3 nitrogen and oxygen atoms in total. The number of terminal acetylenes is 1. The summed E-state index contributed by atoms with van der Waals surface area (Å²) in [4.78, 5) is 10.9. The van der Waals surface area contributed by atoms with E-state index in [1.54, 1.807) is 0 Å². The molecule has 0 radical (unpaired) electrons. The van der Waals surface area contributed by atoms with Crippen LogP contribution in [0, 0.1) is 12.3 Å². The normalized spacial score (nSPS) is 17.7. The third-order valence-corrected chi connectivity index (χ3v) is 1.83. The molecule has 0 aliphatic heterocycles. The topological polar surface area (TPSA) is 38.3 Å². The standard InChI is InChI=1S/C8H10ClNO2/c1-2-8(3-4-8)10-7(11)12-6-5-9/h1H,3-6H2,(H,10,11). The van der Waals surface area contributed by atoms with Crippen molar-refractivity contribution in [1.29, 1.82) is 0 Å². The highest BCUT2D eigenvalue weighted by Crippen LogP contribution is 2.34. The average Bonchev–Trinajstić information content (AvgIpc) is 2.82. The van der Waals surface area contributed by atoms with Crippen LogP contribution < -0.4 is 5.32 Å². The summed E-state index contributed by atoms with van der Waals surface area (Å²) in [5.74, 6) is 2.82. The molecule has 0 atom stereocenters. The number of ether oxygens (including phenoxy) is 1. The van der Waals surface area contributed by atoms with Crippen LogP contribution in [0.25, 0.3) is 0 Å². The van der Waals surface area contributed by atoms with Crippen molar-refractivity contribution in [3.63, 3.8) is 0 Å². The van der Waals surface area contributed by atoms with Crippen LogP contribution >= 0.6 is 11.6 Å². The van der Waals surface area contributed by atoms with E-state index < -0.39 is 11.6 Å². The number of hydrogen-bond donors (Lipinski definition) is 1. The lowest BCUT2D eigenvalue weighted by atomic mass is 10.3. The smallest absolute Gasteiger partial charge is 0.408 e. The van der Waals surface area contributed by atoms with Gasteiger partial charge < -0.3 is 10.1 Å². The molecule has 4 heteroatoms. The van der Waals surface area contributed by atoms with E-state index in [0.29, 0.717) is 5.88 Å². The molecule has 1 fully saturated rings. The molecule has 1 aliphatic rings. The van der Waals surface area contributed by atoms with E-state index in [1.807, 2.05) is 0 Å². The van der Waals surface area contributed by atoms with Gasteiger partial charge in [0.1, 0.15) is 12.1 Å². The van der Waals surface area contributed by atoms with Gasteiger partial charge in [-0.05, 0) is 12.8 Å². The highest BCUT2D eigenvalue weighted by Gasteiger charge is 2.42. The maximum absolute atomic E-state index is 10.9. The lowest BCUT2D eigenvalue weighted by molar-refractivity contribution is 0.150. The highest BCUT2D eigenvalue weighted by atomic mass is 35.5. The Kier molecular flexibility index (Phi) is 2.83. The molecule has 1 saturated carbocycles. The number of halogens is 1. The molecular weight excluding hydrogens is 178 g/mol. The van der Waals surface area contributed by atoms with Gasteiger partial charge >= 0.3 is 6.09 Å². The minimum Gasteiger partial charge on any atom is -0.448 e. The van der Waals surface area contributed by atoms with Crippen LogP contribution in [-0.4, -0.2) is 24.1 Å². The number of nitrogens with one attached hydrogen (secondary N) is 1. The summed E-state index contributed by atoms with van der Waals surface area (Å²) in [5.41, 5.74) is -0.427. The van der Waals surface area contributed by atoms with Crippen molar-refractivity contribution < 1.29 is 9.53 Å². The van der Waals surface area contributed by atoms with E-state index in [2.05, 4.69) is 11.2 Å². The molecule has 0 spiro atoms. The van der Waals surface area contributed by atoms with Crippen molar-refractivity contribution in [3.8, 4) is 12.3 Å². The fraction of sp³-hybridized carbons (Fsp3) is 0.625. The summed E-state index contributed by atoms with van der Waals surface area (Å²) in [5, 5.41) is 2.60. The van der Waals surface area contributed by atoms with Crippen LogP contribution in [0.2, 0.25) is 0 Å². The van der Waals surface area contributed by atoms with Gasteiger partial charge in [-0.2, -0.15) is 0 Å². The van der Waals surface area contributed by atoms with Gasteiger partial charge in [0, 0.05) is 0 Å². The van der Waals surface area contributed by atoms with Gasteiger partial charge in [0.2, 0.25) is 0 Å². The van der Waals surface area contributed by atoms with Gasteiger partial charge in [-0.3, -0.25) is 0 Å². The Morgan fingerprint density at radius 1 is 1.75 bits per heavy atom. The first-order chi connectivity index (χ1) is 5.72. The summed E-state index contributed by atoms with van der Waals surface area (Å²) >= 11 is 5.32. The maximum atomic E-state index is 10.9. The molecule has 66 valence electrons.